The molecule has 0 aliphatic rings. The van der Waals surface area contributed by atoms with E-state index in [0.29, 0.717) is 0 Å². The third kappa shape index (κ3) is 67.0. The Balaban J connectivity index is 0. The fourth-order valence-corrected chi connectivity index (χ4v) is 0. The van der Waals surface area contributed by atoms with Gasteiger partial charge in [0.25, 0.3) is 0 Å². The summed E-state index contributed by atoms with van der Waals surface area (Å²) in [5.41, 5.74) is 0. The predicted molar refractivity (Wildman–Crippen MR) is 14.5 cm³/mol. The zero-order valence-electron chi connectivity index (χ0n) is 2.50. The first-order valence-corrected chi connectivity index (χ1v) is 0. The van der Waals surface area contributed by atoms with Crippen molar-refractivity contribution < 1.29 is 48.1 Å². The van der Waals surface area contributed by atoms with Crippen LogP contribution in [0.25, 0.3) is 0 Å². The van der Waals surface area contributed by atoms with E-state index >= 15 is 0 Å². The van der Waals surface area contributed by atoms with Crippen LogP contribution in [-0.2, 0) is 26.2 Å². The van der Waals surface area contributed by atoms with Crippen molar-refractivity contribution in [2.24, 2.45) is 0 Å². The summed E-state index contributed by atoms with van der Waals surface area (Å²) >= 11 is 0. The molecular formula is H8O4Zr+4. The molecule has 0 saturated heterocycles. The minimum absolute atomic E-state index is 0. The average molecular weight is 163 g/mol. The first-order valence-electron chi connectivity index (χ1n) is 0. The molecule has 0 radical (unpaired) electrons. The van der Waals surface area contributed by atoms with E-state index in [1.54, 1.807) is 0 Å². The topological polar surface area (TPSA) is 126 Å². The SMILES string of the molecule is O.O.O.O.[Zr+4]. The first kappa shape index (κ1) is 244. The van der Waals surface area contributed by atoms with Crippen LogP contribution in [-0.4, -0.2) is 21.9 Å². The van der Waals surface area contributed by atoms with E-state index in [1.165, 1.54) is 0 Å². The standard InChI is InChI=1S/4H2O.Zr/h4*1H2;/q;;;;+4. The second kappa shape index (κ2) is 125. The molecule has 0 aliphatic heterocycles. The molecule has 0 fully saturated rings. The Morgan fingerprint density at radius 3 is 0.400 bits per heavy atom. The van der Waals surface area contributed by atoms with Gasteiger partial charge in [0, 0.05) is 0 Å². The van der Waals surface area contributed by atoms with E-state index in [0.717, 1.165) is 0 Å². The number of hydrogen-bond donors (Lipinski definition) is 0. The summed E-state index contributed by atoms with van der Waals surface area (Å²) in [5, 5.41) is 0. The summed E-state index contributed by atoms with van der Waals surface area (Å²) in [5.74, 6) is 0. The van der Waals surface area contributed by atoms with Gasteiger partial charge in [0.05, 0.1) is 0 Å². The van der Waals surface area contributed by atoms with E-state index in [-0.39, 0.29) is 48.1 Å². The van der Waals surface area contributed by atoms with Gasteiger partial charge in [-0.1, -0.05) is 0 Å². The molecule has 0 unspecified atom stereocenters. The zero-order chi connectivity index (χ0) is 0. The summed E-state index contributed by atoms with van der Waals surface area (Å²) in [4.78, 5) is 0. The summed E-state index contributed by atoms with van der Waals surface area (Å²) in [6, 6.07) is 0. The molecular weight excluding hydrogens is 155 g/mol. The summed E-state index contributed by atoms with van der Waals surface area (Å²) in [7, 11) is 0. The van der Waals surface area contributed by atoms with Gasteiger partial charge in [0.15, 0.2) is 0 Å². The Hall–Kier alpha value is 0.723. The minimum Gasteiger partial charge on any atom is -0.412 e. The van der Waals surface area contributed by atoms with Crippen LogP contribution in [0.5, 0.6) is 0 Å². The van der Waals surface area contributed by atoms with Crippen LogP contribution in [0.2, 0.25) is 0 Å². The van der Waals surface area contributed by atoms with E-state index < -0.39 is 0 Å². The Kier molecular flexibility index (Phi) is 6110. The molecule has 32 valence electrons. The summed E-state index contributed by atoms with van der Waals surface area (Å²) in [6.07, 6.45) is 0. The van der Waals surface area contributed by atoms with Crippen molar-refractivity contribution in [2.75, 3.05) is 0 Å². The molecule has 8 N–H and O–H groups in total. The minimum atomic E-state index is 0. The van der Waals surface area contributed by atoms with Gasteiger partial charge < -0.3 is 21.9 Å². The maximum Gasteiger partial charge on any atom is 4.00 e. The Labute approximate surface area is 48.5 Å². The largest absolute Gasteiger partial charge is 4.00 e. The second-order valence-electron chi connectivity index (χ2n) is 0. The van der Waals surface area contributed by atoms with Gasteiger partial charge in [0.1, 0.15) is 0 Å². The molecule has 0 aromatic rings. The van der Waals surface area contributed by atoms with Crippen LogP contribution in [0.1, 0.15) is 0 Å². The summed E-state index contributed by atoms with van der Waals surface area (Å²) in [6.45, 7) is 0. The first-order chi connectivity index (χ1) is 0. The van der Waals surface area contributed by atoms with Crippen LogP contribution < -0.4 is 0 Å². The van der Waals surface area contributed by atoms with Crippen LogP contribution in [0.15, 0.2) is 0 Å². The molecule has 5 heavy (non-hydrogen) atoms. The van der Waals surface area contributed by atoms with Gasteiger partial charge >= 0.3 is 26.2 Å². The molecule has 0 saturated carbocycles. The van der Waals surface area contributed by atoms with Gasteiger partial charge in [0.2, 0.25) is 0 Å². The van der Waals surface area contributed by atoms with Gasteiger partial charge in [-0.3, -0.25) is 0 Å². The molecule has 0 aromatic heterocycles. The van der Waals surface area contributed by atoms with Gasteiger partial charge in [-0.15, -0.1) is 0 Å². The third-order valence-electron chi connectivity index (χ3n) is 0. The van der Waals surface area contributed by atoms with Crippen LogP contribution in [0.4, 0.5) is 0 Å². The van der Waals surface area contributed by atoms with Crippen molar-refractivity contribution in [3.05, 3.63) is 0 Å². The molecule has 4 nitrogen and oxygen atoms in total. The van der Waals surface area contributed by atoms with Crippen LogP contribution in [0.3, 0.4) is 0 Å². The zero-order valence-corrected chi connectivity index (χ0v) is 4.96. The van der Waals surface area contributed by atoms with Crippen molar-refractivity contribution >= 4 is 0 Å². The smallest absolute Gasteiger partial charge is 0.412 e. The van der Waals surface area contributed by atoms with E-state index in [2.05, 4.69) is 0 Å². The molecule has 0 atom stereocenters. The van der Waals surface area contributed by atoms with Crippen molar-refractivity contribution in [3.8, 4) is 0 Å². The molecule has 0 rings (SSSR count). The number of rotatable bonds is 0. The van der Waals surface area contributed by atoms with Crippen LogP contribution >= 0.6 is 0 Å². The Bertz CT molecular complexity index is 3.61. The average Bonchev–Trinajstić information content (AvgIpc) is 0. The van der Waals surface area contributed by atoms with Gasteiger partial charge in [-0.05, 0) is 0 Å². The van der Waals surface area contributed by atoms with Crippen molar-refractivity contribution in [1.82, 2.24) is 0 Å². The monoisotopic (exact) mass is 162 g/mol. The molecule has 0 heterocycles. The van der Waals surface area contributed by atoms with Crippen molar-refractivity contribution in [3.63, 3.8) is 0 Å². The maximum absolute atomic E-state index is 0. The third-order valence-corrected chi connectivity index (χ3v) is 0. The van der Waals surface area contributed by atoms with Gasteiger partial charge in [-0.2, -0.15) is 0 Å². The van der Waals surface area contributed by atoms with E-state index in [4.69, 9.17) is 0 Å². The Morgan fingerprint density at radius 1 is 0.400 bits per heavy atom. The van der Waals surface area contributed by atoms with E-state index in [1.807, 2.05) is 0 Å². The fourth-order valence-electron chi connectivity index (χ4n) is 0. The fraction of sp³-hybridized carbons (Fsp3) is 0. The molecule has 5 heteroatoms. The number of hydrogen-bond acceptors (Lipinski definition) is 0. The molecule has 0 aliphatic carbocycles. The Morgan fingerprint density at radius 2 is 0.400 bits per heavy atom. The molecule has 0 spiro atoms. The second-order valence-corrected chi connectivity index (χ2v) is 0. The predicted octanol–water partition coefficient (Wildman–Crippen LogP) is -3.30. The van der Waals surface area contributed by atoms with Crippen LogP contribution in [0, 0.1) is 0 Å². The molecule has 0 aromatic carbocycles. The normalized spacial score (nSPS) is 0. The maximum atomic E-state index is 0. The van der Waals surface area contributed by atoms with Gasteiger partial charge in [-0.25, -0.2) is 0 Å². The summed E-state index contributed by atoms with van der Waals surface area (Å²) < 4.78 is 0. The van der Waals surface area contributed by atoms with Crippen molar-refractivity contribution in [2.45, 2.75) is 0 Å². The quantitative estimate of drug-likeness (QED) is 0.354. The van der Waals surface area contributed by atoms with E-state index in [9.17, 15) is 0 Å². The molecule has 0 bridgehead atoms. The van der Waals surface area contributed by atoms with Crippen molar-refractivity contribution in [1.29, 1.82) is 0 Å². The molecule has 0 amide bonds.